The van der Waals surface area contributed by atoms with Crippen LogP contribution < -0.4 is 0 Å². The number of carbonyl (C=O) groups excluding carboxylic acids is 1. The molecule has 0 bridgehead atoms. The minimum Gasteiger partial charge on any atom is -0.478 e. The van der Waals surface area contributed by atoms with Crippen LogP contribution in [0.3, 0.4) is 0 Å². The molecule has 0 aliphatic heterocycles. The normalized spacial score (nSPS) is 10.5. The molecule has 0 atom stereocenters. The lowest BCUT2D eigenvalue weighted by atomic mass is 10.1. The van der Waals surface area contributed by atoms with Crippen molar-refractivity contribution in [2.24, 2.45) is 0 Å². The number of carboxylic acid groups (broad SMARTS) is 1. The van der Waals surface area contributed by atoms with Gasteiger partial charge in [0.05, 0.1) is 5.56 Å². The molecule has 0 saturated carbocycles. The van der Waals surface area contributed by atoms with Crippen LogP contribution in [-0.2, 0) is 4.79 Å². The summed E-state index contributed by atoms with van der Waals surface area (Å²) < 4.78 is 25.6. The van der Waals surface area contributed by atoms with E-state index >= 15 is 0 Å². The minimum atomic E-state index is -1.33. The monoisotopic (exact) mass is 212 g/mol. The van der Waals surface area contributed by atoms with Gasteiger partial charge in [0.2, 0.25) is 0 Å². The first kappa shape index (κ1) is 11.0. The number of aliphatic carboxylic acids is 1. The number of hydrogen-bond donors (Lipinski definition) is 1. The summed E-state index contributed by atoms with van der Waals surface area (Å²) in [6, 6.07) is 2.38. The summed E-state index contributed by atoms with van der Waals surface area (Å²) in [7, 11) is 0. The van der Waals surface area contributed by atoms with Gasteiger partial charge in [-0.25, -0.2) is 13.6 Å². The Kier molecular flexibility index (Phi) is 3.28. The highest BCUT2D eigenvalue weighted by Crippen LogP contribution is 2.10. The Morgan fingerprint density at radius 1 is 1.20 bits per heavy atom. The third-order valence-corrected chi connectivity index (χ3v) is 1.57. The Labute approximate surface area is 83.6 Å². The maximum atomic E-state index is 13.0. The molecule has 0 radical (unpaired) electrons. The molecular weight excluding hydrogens is 206 g/mol. The molecule has 5 heteroatoms. The number of hydrogen-bond acceptors (Lipinski definition) is 2. The Morgan fingerprint density at radius 3 is 2.47 bits per heavy atom. The van der Waals surface area contributed by atoms with Crippen LogP contribution in [0.15, 0.2) is 30.4 Å². The molecule has 0 spiro atoms. The Morgan fingerprint density at radius 2 is 1.87 bits per heavy atom. The van der Waals surface area contributed by atoms with E-state index in [-0.39, 0.29) is 0 Å². The van der Waals surface area contributed by atoms with E-state index in [0.717, 1.165) is 12.1 Å². The second-order valence-corrected chi connectivity index (χ2v) is 2.66. The standard InChI is InChI=1S/C10H6F2O3/c11-6-1-2-8(12)7(5-6)9(13)3-4-10(14)15/h1-5H,(H,14,15)/b4-3+. The SMILES string of the molecule is O=C(O)/C=C/C(=O)c1cc(F)ccc1F. The van der Waals surface area contributed by atoms with Crippen LogP contribution >= 0.6 is 0 Å². The molecule has 0 fully saturated rings. The fourth-order valence-corrected chi connectivity index (χ4v) is 0.923. The number of benzene rings is 1. The molecule has 0 unspecified atom stereocenters. The van der Waals surface area contributed by atoms with Gasteiger partial charge in [-0.15, -0.1) is 0 Å². The summed E-state index contributed by atoms with van der Waals surface area (Å²) in [5.74, 6) is -3.88. The Hall–Kier alpha value is -2.04. The van der Waals surface area contributed by atoms with Crippen molar-refractivity contribution in [2.75, 3.05) is 0 Å². The van der Waals surface area contributed by atoms with Crippen molar-refractivity contribution in [2.45, 2.75) is 0 Å². The van der Waals surface area contributed by atoms with Crippen LogP contribution in [0.25, 0.3) is 0 Å². The van der Waals surface area contributed by atoms with Gasteiger partial charge in [-0.3, -0.25) is 4.79 Å². The van der Waals surface area contributed by atoms with Crippen molar-refractivity contribution in [3.8, 4) is 0 Å². The van der Waals surface area contributed by atoms with E-state index in [9.17, 15) is 18.4 Å². The fourth-order valence-electron chi connectivity index (χ4n) is 0.923. The van der Waals surface area contributed by atoms with Gasteiger partial charge in [0.1, 0.15) is 11.6 Å². The summed E-state index contributed by atoms with van der Waals surface area (Å²) in [4.78, 5) is 21.2. The van der Waals surface area contributed by atoms with Crippen molar-refractivity contribution in [3.05, 3.63) is 47.5 Å². The van der Waals surface area contributed by atoms with Crippen molar-refractivity contribution >= 4 is 11.8 Å². The zero-order valence-electron chi connectivity index (χ0n) is 7.41. The summed E-state index contributed by atoms with van der Waals surface area (Å²) in [6.45, 7) is 0. The second kappa shape index (κ2) is 4.45. The van der Waals surface area contributed by atoms with Crippen molar-refractivity contribution < 1.29 is 23.5 Å². The van der Waals surface area contributed by atoms with Crippen LogP contribution in [0.2, 0.25) is 0 Å². The lowest BCUT2D eigenvalue weighted by Crippen LogP contribution is -2.00. The van der Waals surface area contributed by atoms with Crippen molar-refractivity contribution in [1.29, 1.82) is 0 Å². The molecule has 78 valence electrons. The highest BCUT2D eigenvalue weighted by Gasteiger charge is 2.10. The second-order valence-electron chi connectivity index (χ2n) is 2.66. The summed E-state index contributed by atoms with van der Waals surface area (Å²) in [6.07, 6.45) is 1.23. The molecule has 0 aromatic heterocycles. The molecular formula is C10H6F2O3. The quantitative estimate of drug-likeness (QED) is 0.613. The first-order valence-electron chi connectivity index (χ1n) is 3.91. The minimum absolute atomic E-state index is 0.493. The smallest absolute Gasteiger partial charge is 0.328 e. The molecule has 1 N–H and O–H groups in total. The van der Waals surface area contributed by atoms with Gasteiger partial charge in [0.25, 0.3) is 0 Å². The molecule has 1 aromatic rings. The first-order chi connectivity index (χ1) is 7.00. The molecule has 0 aliphatic carbocycles. The largest absolute Gasteiger partial charge is 0.478 e. The predicted octanol–water partition coefficient (Wildman–Crippen LogP) is 1.79. The summed E-state index contributed by atoms with van der Waals surface area (Å²) >= 11 is 0. The number of halogens is 2. The molecule has 3 nitrogen and oxygen atoms in total. The summed E-state index contributed by atoms with van der Waals surface area (Å²) in [5.41, 5.74) is -0.493. The van der Waals surface area contributed by atoms with E-state index in [0.29, 0.717) is 18.2 Å². The van der Waals surface area contributed by atoms with Crippen molar-refractivity contribution in [3.63, 3.8) is 0 Å². The first-order valence-corrected chi connectivity index (χ1v) is 3.91. The van der Waals surface area contributed by atoms with E-state index in [1.807, 2.05) is 0 Å². The molecule has 1 rings (SSSR count). The van der Waals surface area contributed by atoms with Crippen LogP contribution in [0.4, 0.5) is 8.78 Å². The molecule has 15 heavy (non-hydrogen) atoms. The van der Waals surface area contributed by atoms with Crippen LogP contribution in [0.1, 0.15) is 10.4 Å². The van der Waals surface area contributed by atoms with E-state index in [2.05, 4.69) is 0 Å². The number of allylic oxidation sites excluding steroid dienone is 1. The Bertz CT molecular complexity index is 438. The number of carboxylic acids is 1. The molecule has 0 saturated heterocycles. The lowest BCUT2D eigenvalue weighted by Gasteiger charge is -1.97. The van der Waals surface area contributed by atoms with Crippen LogP contribution in [0, 0.1) is 11.6 Å². The number of ketones is 1. The molecule has 0 heterocycles. The average Bonchev–Trinajstić information content (AvgIpc) is 2.18. The maximum absolute atomic E-state index is 13.0. The molecule has 1 aromatic carbocycles. The topological polar surface area (TPSA) is 54.4 Å². The predicted molar refractivity (Wildman–Crippen MR) is 47.5 cm³/mol. The van der Waals surface area contributed by atoms with Crippen molar-refractivity contribution in [1.82, 2.24) is 0 Å². The van der Waals surface area contributed by atoms with Gasteiger partial charge in [-0.05, 0) is 24.3 Å². The van der Waals surface area contributed by atoms with Gasteiger partial charge in [0.15, 0.2) is 5.78 Å². The van der Waals surface area contributed by atoms with Crippen LogP contribution in [0.5, 0.6) is 0 Å². The zero-order valence-corrected chi connectivity index (χ0v) is 7.41. The summed E-state index contributed by atoms with van der Waals surface area (Å²) in [5, 5.41) is 8.23. The Balaban J connectivity index is 3.01. The van der Waals surface area contributed by atoms with Crippen LogP contribution in [-0.4, -0.2) is 16.9 Å². The zero-order chi connectivity index (χ0) is 11.4. The van der Waals surface area contributed by atoms with E-state index in [1.165, 1.54) is 0 Å². The maximum Gasteiger partial charge on any atom is 0.328 e. The van der Waals surface area contributed by atoms with Gasteiger partial charge in [0, 0.05) is 6.08 Å². The highest BCUT2D eigenvalue weighted by molar-refractivity contribution is 6.06. The molecule has 0 aliphatic rings. The van der Waals surface area contributed by atoms with Gasteiger partial charge < -0.3 is 5.11 Å². The number of carbonyl (C=O) groups is 2. The third-order valence-electron chi connectivity index (χ3n) is 1.57. The fraction of sp³-hybridized carbons (Fsp3) is 0. The number of rotatable bonds is 3. The van der Waals surface area contributed by atoms with E-state index in [4.69, 9.17) is 5.11 Å². The lowest BCUT2D eigenvalue weighted by molar-refractivity contribution is -0.131. The van der Waals surface area contributed by atoms with Gasteiger partial charge in [-0.2, -0.15) is 0 Å². The third kappa shape index (κ3) is 2.98. The highest BCUT2D eigenvalue weighted by atomic mass is 19.1. The average molecular weight is 212 g/mol. The van der Waals surface area contributed by atoms with Gasteiger partial charge in [-0.1, -0.05) is 0 Å². The molecule has 0 amide bonds. The van der Waals surface area contributed by atoms with E-state index in [1.54, 1.807) is 0 Å². The van der Waals surface area contributed by atoms with E-state index < -0.39 is 29.0 Å². The van der Waals surface area contributed by atoms with Gasteiger partial charge >= 0.3 is 5.97 Å².